The van der Waals surface area contributed by atoms with E-state index < -0.39 is 0 Å². The zero-order chi connectivity index (χ0) is 0. The minimum absolute atomic E-state index is 0. The average Bonchev–Trinajstić information content (AvgIpc) is 0. The average molecular weight is 273 g/mol. The van der Waals surface area contributed by atoms with Crippen LogP contribution in [0.2, 0.25) is 0 Å². The van der Waals surface area contributed by atoms with Gasteiger partial charge in [-0.1, -0.05) is 0 Å². The normalized spacial score (nSPS) is 0. The summed E-state index contributed by atoms with van der Waals surface area (Å²) < 4.78 is 0. The second-order valence-electron chi connectivity index (χ2n) is 0. The van der Waals surface area contributed by atoms with E-state index in [1.54, 1.807) is 0 Å². The molecule has 0 spiro atoms. The van der Waals surface area contributed by atoms with E-state index in [0.717, 1.165) is 0 Å². The van der Waals surface area contributed by atoms with Crippen molar-refractivity contribution in [2.24, 2.45) is 0 Å². The quantitative estimate of drug-likeness (QED) is 0.584. The van der Waals surface area contributed by atoms with Crippen molar-refractivity contribution >= 4 is 73.3 Å². The third-order valence-corrected chi connectivity index (χ3v) is 0. The van der Waals surface area contributed by atoms with Crippen molar-refractivity contribution in [3.8, 4) is 0 Å². The Hall–Kier alpha value is 1.95. The summed E-state index contributed by atoms with van der Waals surface area (Å²) in [5.74, 6) is 0. The molecule has 0 amide bonds. The van der Waals surface area contributed by atoms with E-state index in [1.807, 2.05) is 0 Å². The maximum absolute atomic E-state index is 0. The van der Waals surface area contributed by atoms with Crippen LogP contribution in [0.3, 0.4) is 0 Å². The molecule has 0 aliphatic rings. The van der Waals surface area contributed by atoms with E-state index in [4.69, 9.17) is 0 Å². The van der Waals surface area contributed by atoms with Crippen LogP contribution in [0.4, 0.5) is 0 Å². The maximum atomic E-state index is 0. The van der Waals surface area contributed by atoms with Crippen molar-refractivity contribution in [1.29, 1.82) is 0 Å². The molecule has 0 bridgehead atoms. The fourth-order valence-electron chi connectivity index (χ4n) is 0. The van der Waals surface area contributed by atoms with Crippen molar-refractivity contribution in [3.05, 3.63) is 0 Å². The predicted molar refractivity (Wildman–Crippen MR) is 34.7 cm³/mol. The first kappa shape index (κ1) is 64.7. The van der Waals surface area contributed by atoms with Crippen molar-refractivity contribution in [2.75, 3.05) is 0 Å². The van der Waals surface area contributed by atoms with E-state index >= 15 is 0 Å². The van der Waals surface area contributed by atoms with E-state index in [-0.39, 0.29) is 73.3 Å². The van der Waals surface area contributed by atoms with Gasteiger partial charge in [-0.3, -0.25) is 0 Å². The zero-order valence-electron chi connectivity index (χ0n) is 2.04. The molecular weight excluding hydrogens is 269 g/mol. The number of hydrogen-bond donors (Lipinski definition) is 0. The third kappa shape index (κ3) is 24.4. The van der Waals surface area contributed by atoms with Crippen molar-refractivity contribution < 1.29 is 0 Å². The van der Waals surface area contributed by atoms with Crippen LogP contribution >= 0.6 is 49.6 Å². The summed E-state index contributed by atoms with van der Waals surface area (Å²) in [5, 5.41) is 0. The van der Waals surface area contributed by atoms with Gasteiger partial charge in [0.05, 0.1) is 0 Å². The Balaban J connectivity index is 0. The van der Waals surface area contributed by atoms with E-state index in [0.29, 0.717) is 0 Å². The number of rotatable bonds is 0. The molecule has 0 heterocycles. The van der Waals surface area contributed by atoms with Gasteiger partial charge in [0.2, 0.25) is 0 Å². The summed E-state index contributed by atoms with van der Waals surface area (Å²) in [6.45, 7) is 0. The van der Waals surface area contributed by atoms with E-state index in [1.165, 1.54) is 0 Å². The molecule has 0 aromatic rings. The molecule has 0 unspecified atom stereocenters. The van der Waals surface area contributed by atoms with Crippen LogP contribution in [0.5, 0.6) is 0 Å². The molecule has 0 saturated heterocycles. The molecule has 38 valence electrons. The summed E-state index contributed by atoms with van der Waals surface area (Å²) in [5.41, 5.74) is 0. The maximum Gasteiger partial charge on any atom is 0 e. The fourth-order valence-corrected chi connectivity index (χ4v) is 0. The Morgan fingerprint density at radius 2 is 0.400 bits per heavy atom. The summed E-state index contributed by atoms with van der Waals surface area (Å²) in [6, 6.07) is 0. The second-order valence-corrected chi connectivity index (χ2v) is 0. The second kappa shape index (κ2) is 38.3. The minimum Gasteiger partial charge on any atom is -0.147 e. The van der Waals surface area contributed by atoms with Gasteiger partial charge in [-0.2, -0.15) is 0 Å². The van der Waals surface area contributed by atoms with Gasteiger partial charge < -0.3 is 0 Å². The Labute approximate surface area is 72.8 Å². The van der Waals surface area contributed by atoms with Gasteiger partial charge in [0.15, 0.2) is 0 Å². The molecule has 0 rings (SSSR count). The number of halogens is 4. The van der Waals surface area contributed by atoms with Gasteiger partial charge in [-0.15, -0.1) is 49.6 Å². The van der Waals surface area contributed by atoms with Gasteiger partial charge >= 0.3 is 0 Å². The van der Waals surface area contributed by atoms with Gasteiger partial charge in [-0.05, 0) is 0 Å². The largest absolute Gasteiger partial charge is 0.147 e. The van der Waals surface area contributed by atoms with Gasteiger partial charge in [0.25, 0.3) is 0 Å². The summed E-state index contributed by atoms with van der Waals surface area (Å²) in [6.07, 6.45) is 0. The molecule has 0 aromatic heterocycles. The van der Waals surface area contributed by atoms with Crippen LogP contribution in [-0.2, 0) is 0 Å². The topological polar surface area (TPSA) is 0 Å². The Kier molecular flexibility index (Phi) is 496. The molecule has 2 radical (unpaired) electrons. The molecule has 5 heavy (non-hydrogen) atoms. The van der Waals surface area contributed by atoms with Crippen LogP contribution in [0.15, 0.2) is 0 Å². The van der Waals surface area contributed by atoms with Crippen LogP contribution in [0.1, 0.15) is 0 Å². The monoisotopic (exact) mass is 274 g/mol. The smallest absolute Gasteiger partial charge is 0 e. The van der Waals surface area contributed by atoms with Gasteiger partial charge in [0.1, 0.15) is 0 Å². The molecule has 0 aliphatic carbocycles. The first-order valence-corrected chi connectivity index (χ1v) is 0. The van der Waals surface area contributed by atoms with E-state index in [9.17, 15) is 0 Å². The summed E-state index contributed by atoms with van der Waals surface area (Å²) in [7, 11) is 0. The molecule has 0 fully saturated rings. The van der Waals surface area contributed by atoms with Gasteiger partial charge in [-0.25, -0.2) is 0 Å². The molecule has 0 aromatic carbocycles. The standard InChI is InChI=1S/4ClH.Te/h4*1H;. The van der Waals surface area contributed by atoms with Crippen LogP contribution in [0.25, 0.3) is 0 Å². The molecule has 0 nitrogen and oxygen atoms in total. The first-order valence-electron chi connectivity index (χ1n) is 0. The van der Waals surface area contributed by atoms with Crippen molar-refractivity contribution in [1.82, 2.24) is 0 Å². The minimum atomic E-state index is 0. The number of hydrogen-bond acceptors (Lipinski definition) is 0. The van der Waals surface area contributed by atoms with Crippen LogP contribution in [-0.4, -0.2) is 23.7 Å². The van der Waals surface area contributed by atoms with Crippen LogP contribution in [0, 0.1) is 0 Å². The van der Waals surface area contributed by atoms with E-state index in [2.05, 4.69) is 0 Å². The fraction of sp³-hybridized carbons (Fsp3) is 0. The SMILES string of the molecule is Cl.Cl.Cl.Cl.[Te]. The summed E-state index contributed by atoms with van der Waals surface area (Å²) >= 11 is 0. The molecular formula is H4Cl4Te. The molecule has 5 heteroatoms. The predicted octanol–water partition coefficient (Wildman–Crippen LogP) is 1.31. The molecule has 0 N–H and O–H groups in total. The molecule has 0 aliphatic heterocycles. The summed E-state index contributed by atoms with van der Waals surface area (Å²) in [4.78, 5) is 0. The first-order chi connectivity index (χ1) is 0. The Morgan fingerprint density at radius 1 is 0.400 bits per heavy atom. The van der Waals surface area contributed by atoms with Crippen molar-refractivity contribution in [2.45, 2.75) is 0 Å². The molecule has 0 saturated carbocycles. The third-order valence-electron chi connectivity index (χ3n) is 0. The molecule has 0 atom stereocenters. The van der Waals surface area contributed by atoms with Gasteiger partial charge in [0, 0.05) is 23.7 Å². The zero-order valence-corrected chi connectivity index (χ0v) is 7.64. The van der Waals surface area contributed by atoms with Crippen LogP contribution < -0.4 is 0 Å². The Morgan fingerprint density at radius 3 is 0.400 bits per heavy atom. The Bertz CT molecular complexity index is 3.61. The van der Waals surface area contributed by atoms with Crippen molar-refractivity contribution in [3.63, 3.8) is 0 Å².